The number of para-hydroxylation sites is 1. The summed E-state index contributed by atoms with van der Waals surface area (Å²) in [5.74, 6) is -2.98. The van der Waals surface area contributed by atoms with Gasteiger partial charge in [-0.25, -0.2) is 13.5 Å². The third kappa shape index (κ3) is 5.73. The van der Waals surface area contributed by atoms with Gasteiger partial charge in [0.25, 0.3) is 5.91 Å². The van der Waals surface area contributed by atoms with E-state index in [9.17, 15) is 18.4 Å². The lowest BCUT2D eigenvalue weighted by molar-refractivity contribution is -0.129. The maximum atomic E-state index is 13.8. The van der Waals surface area contributed by atoms with E-state index in [0.29, 0.717) is 16.8 Å². The summed E-state index contributed by atoms with van der Waals surface area (Å²) in [6.45, 7) is -0.139. The number of carbonyl (C=O) groups is 2. The van der Waals surface area contributed by atoms with Gasteiger partial charge >= 0.3 is 0 Å². The first-order chi connectivity index (χ1) is 16.8. The second kappa shape index (κ2) is 10.5. The highest BCUT2D eigenvalue weighted by molar-refractivity contribution is 6.30. The predicted octanol–water partition coefficient (Wildman–Crippen LogP) is 4.86. The van der Waals surface area contributed by atoms with Crippen LogP contribution in [0.1, 0.15) is 15.9 Å². The smallest absolute Gasteiger partial charge is 0.254 e. The van der Waals surface area contributed by atoms with Gasteiger partial charge in [0, 0.05) is 42.0 Å². The van der Waals surface area contributed by atoms with E-state index in [2.05, 4.69) is 5.32 Å². The molecule has 0 fully saturated rings. The Kier molecular flexibility index (Phi) is 7.22. The Morgan fingerprint density at radius 3 is 2.43 bits per heavy atom. The summed E-state index contributed by atoms with van der Waals surface area (Å²) in [7, 11) is 1.60. The Balaban J connectivity index is 1.50. The van der Waals surface area contributed by atoms with Crippen LogP contribution in [0, 0.1) is 11.6 Å². The van der Waals surface area contributed by atoms with Crippen LogP contribution in [0.25, 0.3) is 16.9 Å². The second-order valence-electron chi connectivity index (χ2n) is 7.85. The van der Waals surface area contributed by atoms with Crippen molar-refractivity contribution in [3.8, 4) is 16.9 Å². The molecule has 35 heavy (non-hydrogen) atoms. The lowest BCUT2D eigenvalue weighted by atomic mass is 10.1. The van der Waals surface area contributed by atoms with Gasteiger partial charge in [0.1, 0.15) is 11.6 Å². The van der Waals surface area contributed by atoms with Gasteiger partial charge in [0.05, 0.1) is 23.5 Å². The SMILES string of the molecule is CN(Cc1cn(-c2ccccc2)nc1-c1ccc(Cl)cc1)C(=O)CNC(=O)c1ccc(F)cc1F. The van der Waals surface area contributed by atoms with Crippen molar-refractivity contribution in [2.75, 3.05) is 13.6 Å². The maximum absolute atomic E-state index is 13.8. The standard InChI is InChI=1S/C26H21ClF2N4O2/c1-32(24(34)14-30-26(35)22-12-11-20(28)13-23(22)29)15-18-16-33(21-5-3-2-4-6-21)31-25(18)17-7-9-19(27)10-8-17/h2-13,16H,14-15H2,1H3,(H,30,35). The van der Waals surface area contributed by atoms with E-state index in [0.717, 1.165) is 28.9 Å². The number of nitrogens with one attached hydrogen (secondary N) is 1. The van der Waals surface area contributed by atoms with Gasteiger partial charge in [-0.1, -0.05) is 41.9 Å². The zero-order valence-corrected chi connectivity index (χ0v) is 19.5. The molecule has 0 bridgehead atoms. The van der Waals surface area contributed by atoms with E-state index in [1.165, 1.54) is 4.90 Å². The fourth-order valence-corrected chi connectivity index (χ4v) is 3.62. The first kappa shape index (κ1) is 24.1. The molecule has 1 N–H and O–H groups in total. The molecule has 4 rings (SSSR count). The van der Waals surface area contributed by atoms with Gasteiger partial charge in [0.15, 0.2) is 0 Å². The van der Waals surface area contributed by atoms with E-state index in [1.807, 2.05) is 48.7 Å². The fraction of sp³-hybridized carbons (Fsp3) is 0.115. The van der Waals surface area contributed by atoms with Crippen LogP contribution in [0.2, 0.25) is 5.02 Å². The minimum Gasteiger partial charge on any atom is -0.343 e. The molecule has 1 heterocycles. The molecule has 0 saturated carbocycles. The Bertz CT molecular complexity index is 1360. The topological polar surface area (TPSA) is 67.2 Å². The summed E-state index contributed by atoms with van der Waals surface area (Å²) < 4.78 is 28.6. The van der Waals surface area contributed by atoms with E-state index in [1.54, 1.807) is 23.9 Å². The molecule has 0 unspecified atom stereocenters. The van der Waals surface area contributed by atoms with Crippen molar-refractivity contribution < 1.29 is 18.4 Å². The van der Waals surface area contributed by atoms with E-state index < -0.39 is 23.4 Å². The number of nitrogens with zero attached hydrogens (tertiary/aromatic N) is 3. The number of amides is 2. The van der Waals surface area contributed by atoms with Gasteiger partial charge < -0.3 is 10.2 Å². The monoisotopic (exact) mass is 494 g/mol. The normalized spacial score (nSPS) is 10.7. The van der Waals surface area contributed by atoms with Crippen LogP contribution in [0.5, 0.6) is 0 Å². The number of carbonyl (C=O) groups excluding carboxylic acids is 2. The lowest BCUT2D eigenvalue weighted by Gasteiger charge is -2.17. The molecule has 4 aromatic rings. The number of aromatic nitrogens is 2. The van der Waals surface area contributed by atoms with Crippen LogP contribution in [0.4, 0.5) is 8.78 Å². The molecule has 0 spiro atoms. The van der Waals surface area contributed by atoms with Crippen LogP contribution >= 0.6 is 11.6 Å². The molecular weight excluding hydrogens is 474 g/mol. The van der Waals surface area contributed by atoms with E-state index >= 15 is 0 Å². The summed E-state index contributed by atoms with van der Waals surface area (Å²) in [5.41, 5.74) is 2.82. The number of benzene rings is 3. The van der Waals surface area contributed by atoms with Crippen LogP contribution in [0.15, 0.2) is 79.0 Å². The van der Waals surface area contributed by atoms with Crippen LogP contribution in [-0.4, -0.2) is 40.1 Å². The average Bonchev–Trinajstić information content (AvgIpc) is 3.27. The highest BCUT2D eigenvalue weighted by atomic mass is 35.5. The predicted molar refractivity (Wildman–Crippen MR) is 129 cm³/mol. The molecular formula is C26H21ClF2N4O2. The molecule has 0 atom stereocenters. The molecule has 0 aliphatic rings. The molecule has 6 nitrogen and oxygen atoms in total. The van der Waals surface area contributed by atoms with Crippen LogP contribution in [-0.2, 0) is 11.3 Å². The summed E-state index contributed by atoms with van der Waals surface area (Å²) in [6, 6.07) is 19.4. The Morgan fingerprint density at radius 1 is 1.03 bits per heavy atom. The molecule has 0 radical (unpaired) electrons. The molecule has 2 amide bonds. The third-order valence-corrected chi connectivity index (χ3v) is 5.59. The van der Waals surface area contributed by atoms with Crippen LogP contribution in [0.3, 0.4) is 0 Å². The van der Waals surface area contributed by atoms with Crippen molar-refractivity contribution in [3.05, 3.63) is 107 Å². The second-order valence-corrected chi connectivity index (χ2v) is 8.28. The van der Waals surface area contributed by atoms with Crippen molar-refractivity contribution in [2.24, 2.45) is 0 Å². The van der Waals surface area contributed by atoms with Crippen LogP contribution < -0.4 is 5.32 Å². The van der Waals surface area contributed by atoms with Crippen molar-refractivity contribution in [2.45, 2.75) is 6.54 Å². The Hall–Kier alpha value is -4.04. The first-order valence-electron chi connectivity index (χ1n) is 10.7. The molecule has 0 aliphatic heterocycles. The number of rotatable bonds is 7. The molecule has 0 saturated heterocycles. The lowest BCUT2D eigenvalue weighted by Crippen LogP contribution is -2.38. The van der Waals surface area contributed by atoms with Gasteiger partial charge in [-0.05, 0) is 36.4 Å². The number of hydrogen-bond acceptors (Lipinski definition) is 3. The molecule has 0 aliphatic carbocycles. The number of halogens is 3. The summed E-state index contributed by atoms with van der Waals surface area (Å²) in [5, 5.41) is 7.69. The molecule has 3 aromatic carbocycles. The minimum atomic E-state index is -0.996. The summed E-state index contributed by atoms with van der Waals surface area (Å²) in [6.07, 6.45) is 1.84. The molecule has 9 heteroatoms. The quantitative estimate of drug-likeness (QED) is 0.399. The van der Waals surface area contributed by atoms with Crippen molar-refractivity contribution in [3.63, 3.8) is 0 Å². The Labute approximate surface area is 205 Å². The van der Waals surface area contributed by atoms with Crippen molar-refractivity contribution in [1.29, 1.82) is 0 Å². The van der Waals surface area contributed by atoms with Gasteiger partial charge in [0.2, 0.25) is 5.91 Å². The molecule has 178 valence electrons. The van der Waals surface area contributed by atoms with Gasteiger partial charge in [-0.3, -0.25) is 9.59 Å². The fourth-order valence-electron chi connectivity index (χ4n) is 3.49. The highest BCUT2D eigenvalue weighted by Crippen LogP contribution is 2.26. The highest BCUT2D eigenvalue weighted by Gasteiger charge is 2.19. The number of likely N-dealkylation sites (N-methyl/N-ethyl adjacent to an activating group) is 1. The zero-order valence-electron chi connectivity index (χ0n) is 18.7. The third-order valence-electron chi connectivity index (χ3n) is 5.34. The Morgan fingerprint density at radius 2 is 1.74 bits per heavy atom. The molecule has 1 aromatic heterocycles. The first-order valence-corrected chi connectivity index (χ1v) is 11.1. The number of hydrogen-bond donors (Lipinski definition) is 1. The summed E-state index contributed by atoms with van der Waals surface area (Å²) >= 11 is 6.03. The largest absolute Gasteiger partial charge is 0.343 e. The van der Waals surface area contributed by atoms with Gasteiger partial charge in [-0.2, -0.15) is 5.10 Å². The zero-order chi connectivity index (χ0) is 24.9. The summed E-state index contributed by atoms with van der Waals surface area (Å²) in [4.78, 5) is 26.4. The van der Waals surface area contributed by atoms with Gasteiger partial charge in [-0.15, -0.1) is 0 Å². The van der Waals surface area contributed by atoms with E-state index in [-0.39, 0.29) is 18.7 Å². The maximum Gasteiger partial charge on any atom is 0.254 e. The van der Waals surface area contributed by atoms with E-state index in [4.69, 9.17) is 16.7 Å². The average molecular weight is 495 g/mol. The van der Waals surface area contributed by atoms with Crippen molar-refractivity contribution in [1.82, 2.24) is 20.0 Å². The minimum absolute atomic E-state index is 0.213. The van der Waals surface area contributed by atoms with Crippen molar-refractivity contribution >= 4 is 23.4 Å².